The van der Waals surface area contributed by atoms with Gasteiger partial charge in [0.05, 0.1) is 17.4 Å². The van der Waals surface area contributed by atoms with E-state index < -0.39 is 0 Å². The van der Waals surface area contributed by atoms with Crippen LogP contribution in [0.1, 0.15) is 18.5 Å². The molecule has 1 fully saturated rings. The number of carbonyl (C=O) groups is 1. The second-order valence-electron chi connectivity index (χ2n) is 5.69. The highest BCUT2D eigenvalue weighted by Gasteiger charge is 2.15. The van der Waals surface area contributed by atoms with Crippen LogP contribution in [0.25, 0.3) is 27.9 Å². The number of aromatic amines is 1. The highest BCUT2D eigenvalue weighted by molar-refractivity contribution is 6.07. The Kier molecular flexibility index (Phi) is 3.15. The quantitative estimate of drug-likeness (QED) is 0.736. The fourth-order valence-electron chi connectivity index (χ4n) is 3.06. The molecule has 1 aliphatic rings. The van der Waals surface area contributed by atoms with Crippen molar-refractivity contribution in [3.05, 3.63) is 48.3 Å². The molecule has 4 heteroatoms. The van der Waals surface area contributed by atoms with Crippen molar-refractivity contribution >= 4 is 33.8 Å². The van der Waals surface area contributed by atoms with Crippen molar-refractivity contribution in [2.75, 3.05) is 13.1 Å². The van der Waals surface area contributed by atoms with E-state index in [2.05, 4.69) is 22.1 Å². The van der Waals surface area contributed by atoms with Gasteiger partial charge < -0.3 is 9.88 Å². The molecule has 3 heterocycles. The Balaban J connectivity index is 1.67. The first kappa shape index (κ1) is 13.1. The molecule has 22 heavy (non-hydrogen) atoms. The van der Waals surface area contributed by atoms with Crippen molar-refractivity contribution < 1.29 is 4.79 Å². The van der Waals surface area contributed by atoms with Gasteiger partial charge in [-0.1, -0.05) is 18.2 Å². The molecule has 0 saturated carbocycles. The maximum Gasteiger partial charge on any atom is 0.246 e. The van der Waals surface area contributed by atoms with E-state index in [1.54, 1.807) is 6.08 Å². The minimum Gasteiger partial charge on any atom is -0.353 e. The molecule has 4 rings (SSSR count). The van der Waals surface area contributed by atoms with Gasteiger partial charge in [0.1, 0.15) is 0 Å². The van der Waals surface area contributed by atoms with Crippen molar-refractivity contribution in [2.45, 2.75) is 12.8 Å². The first-order valence-corrected chi connectivity index (χ1v) is 7.65. The molecule has 0 spiro atoms. The van der Waals surface area contributed by atoms with E-state index in [0.717, 1.165) is 48.0 Å². The monoisotopic (exact) mass is 291 g/mol. The Morgan fingerprint density at radius 2 is 1.95 bits per heavy atom. The number of hydrogen-bond donors (Lipinski definition) is 1. The molecule has 0 unspecified atom stereocenters. The molecule has 1 saturated heterocycles. The number of H-pyrrole nitrogens is 1. The van der Waals surface area contributed by atoms with Gasteiger partial charge in [-0.05, 0) is 31.1 Å². The summed E-state index contributed by atoms with van der Waals surface area (Å²) in [5.41, 5.74) is 2.93. The van der Waals surface area contributed by atoms with Crippen LogP contribution in [-0.4, -0.2) is 33.9 Å². The van der Waals surface area contributed by atoms with Gasteiger partial charge in [-0.3, -0.25) is 9.78 Å². The molecule has 110 valence electrons. The highest BCUT2D eigenvalue weighted by Crippen LogP contribution is 2.25. The maximum atomic E-state index is 12.0. The maximum absolute atomic E-state index is 12.0. The van der Waals surface area contributed by atoms with Crippen LogP contribution in [0, 0.1) is 0 Å². The summed E-state index contributed by atoms with van der Waals surface area (Å²) in [6.45, 7) is 1.75. The SMILES string of the molecule is O=C(/C=C/c1cc2c(cn1)[nH]c1ccccc12)N1CCCC1. The third-order valence-electron chi connectivity index (χ3n) is 4.23. The molecule has 1 aliphatic heterocycles. The number of para-hydroxylation sites is 1. The molecule has 0 bridgehead atoms. The summed E-state index contributed by atoms with van der Waals surface area (Å²) in [6, 6.07) is 10.2. The molecule has 0 aliphatic carbocycles. The zero-order valence-electron chi connectivity index (χ0n) is 12.2. The average molecular weight is 291 g/mol. The summed E-state index contributed by atoms with van der Waals surface area (Å²) in [7, 11) is 0. The minimum absolute atomic E-state index is 0.0818. The van der Waals surface area contributed by atoms with Gasteiger partial charge in [-0.2, -0.15) is 0 Å². The lowest BCUT2D eigenvalue weighted by molar-refractivity contribution is -0.124. The molecular formula is C18H17N3O. The van der Waals surface area contributed by atoms with Crippen LogP contribution in [0.4, 0.5) is 0 Å². The predicted molar refractivity (Wildman–Crippen MR) is 88.4 cm³/mol. The van der Waals surface area contributed by atoms with E-state index in [1.807, 2.05) is 35.4 Å². The number of benzene rings is 1. The van der Waals surface area contributed by atoms with Gasteiger partial charge in [0.15, 0.2) is 0 Å². The summed E-state index contributed by atoms with van der Waals surface area (Å²) >= 11 is 0. The molecule has 3 aromatic rings. The predicted octanol–water partition coefficient (Wildman–Crippen LogP) is 3.35. The molecule has 1 N–H and O–H groups in total. The molecule has 4 nitrogen and oxygen atoms in total. The first-order valence-electron chi connectivity index (χ1n) is 7.65. The van der Waals surface area contributed by atoms with E-state index in [1.165, 1.54) is 5.39 Å². The molecule has 0 radical (unpaired) electrons. The van der Waals surface area contributed by atoms with Gasteiger partial charge in [-0.25, -0.2) is 0 Å². The molecule has 2 aromatic heterocycles. The van der Waals surface area contributed by atoms with Crippen molar-refractivity contribution in [1.82, 2.24) is 14.9 Å². The van der Waals surface area contributed by atoms with Crippen molar-refractivity contribution in [1.29, 1.82) is 0 Å². The zero-order chi connectivity index (χ0) is 14.9. The Morgan fingerprint density at radius 1 is 1.14 bits per heavy atom. The number of likely N-dealkylation sites (tertiary alicyclic amines) is 1. The third-order valence-corrected chi connectivity index (χ3v) is 4.23. The number of aromatic nitrogens is 2. The summed E-state index contributed by atoms with van der Waals surface area (Å²) < 4.78 is 0. The molecule has 1 aromatic carbocycles. The lowest BCUT2D eigenvalue weighted by Crippen LogP contribution is -2.25. The number of nitrogens with one attached hydrogen (secondary N) is 1. The smallest absolute Gasteiger partial charge is 0.246 e. The van der Waals surface area contributed by atoms with Crippen molar-refractivity contribution in [2.24, 2.45) is 0 Å². The Morgan fingerprint density at radius 3 is 2.82 bits per heavy atom. The number of pyridine rings is 1. The topological polar surface area (TPSA) is 49.0 Å². The van der Waals surface area contributed by atoms with Crippen LogP contribution in [0.2, 0.25) is 0 Å². The average Bonchev–Trinajstić information content (AvgIpc) is 3.20. The summed E-state index contributed by atoms with van der Waals surface area (Å²) in [4.78, 5) is 21.7. The third kappa shape index (κ3) is 2.26. The lowest BCUT2D eigenvalue weighted by atomic mass is 10.1. The molecule has 0 atom stereocenters. The van der Waals surface area contributed by atoms with Crippen molar-refractivity contribution in [3.8, 4) is 0 Å². The van der Waals surface area contributed by atoms with Crippen LogP contribution in [-0.2, 0) is 4.79 Å². The van der Waals surface area contributed by atoms with Gasteiger partial charge >= 0.3 is 0 Å². The van der Waals surface area contributed by atoms with E-state index in [-0.39, 0.29) is 5.91 Å². The number of rotatable bonds is 2. The van der Waals surface area contributed by atoms with E-state index in [0.29, 0.717) is 0 Å². The second-order valence-corrected chi connectivity index (χ2v) is 5.69. The standard InChI is InChI=1S/C18H17N3O/c22-18(21-9-3-4-10-21)8-7-13-11-15-14-5-1-2-6-16(14)20-17(15)12-19-13/h1-2,5-8,11-12,20H,3-4,9-10H2/b8-7+. The van der Waals surface area contributed by atoms with E-state index >= 15 is 0 Å². The normalized spacial score (nSPS) is 15.4. The van der Waals surface area contributed by atoms with Crippen molar-refractivity contribution in [3.63, 3.8) is 0 Å². The first-order chi connectivity index (χ1) is 10.8. The van der Waals surface area contributed by atoms with Crippen LogP contribution >= 0.6 is 0 Å². The van der Waals surface area contributed by atoms with Crippen LogP contribution in [0.5, 0.6) is 0 Å². The zero-order valence-corrected chi connectivity index (χ0v) is 12.2. The molecular weight excluding hydrogens is 274 g/mol. The summed E-state index contributed by atoms with van der Waals surface area (Å²) in [6.07, 6.45) is 7.49. The fraction of sp³-hybridized carbons (Fsp3) is 0.222. The minimum atomic E-state index is 0.0818. The number of hydrogen-bond acceptors (Lipinski definition) is 2. The van der Waals surface area contributed by atoms with Gasteiger partial charge in [0.2, 0.25) is 5.91 Å². The van der Waals surface area contributed by atoms with E-state index in [9.17, 15) is 4.79 Å². The molecule has 1 amide bonds. The van der Waals surface area contributed by atoms with Crippen LogP contribution in [0.15, 0.2) is 42.6 Å². The Labute approximate surface area is 128 Å². The Bertz CT molecular complexity index is 872. The van der Waals surface area contributed by atoms with E-state index in [4.69, 9.17) is 0 Å². The number of carbonyl (C=O) groups excluding carboxylic acids is 1. The number of fused-ring (bicyclic) bond motifs is 3. The van der Waals surface area contributed by atoms with Gasteiger partial charge in [0.25, 0.3) is 0 Å². The highest BCUT2D eigenvalue weighted by atomic mass is 16.2. The Hall–Kier alpha value is -2.62. The number of nitrogens with zero attached hydrogens (tertiary/aromatic N) is 2. The number of amides is 1. The van der Waals surface area contributed by atoms with Crippen LogP contribution in [0.3, 0.4) is 0 Å². The van der Waals surface area contributed by atoms with Gasteiger partial charge in [-0.15, -0.1) is 0 Å². The van der Waals surface area contributed by atoms with Crippen LogP contribution < -0.4 is 0 Å². The largest absolute Gasteiger partial charge is 0.353 e. The van der Waals surface area contributed by atoms with Gasteiger partial charge in [0, 0.05) is 35.5 Å². The fourth-order valence-corrected chi connectivity index (χ4v) is 3.06. The summed E-state index contributed by atoms with van der Waals surface area (Å²) in [5, 5.41) is 2.32. The lowest BCUT2D eigenvalue weighted by Gasteiger charge is -2.11. The second kappa shape index (κ2) is 5.30. The summed E-state index contributed by atoms with van der Waals surface area (Å²) in [5.74, 6) is 0.0818.